The molecule has 1 fully saturated rings. The van der Waals surface area contributed by atoms with Gasteiger partial charge < -0.3 is 10.6 Å². The van der Waals surface area contributed by atoms with Gasteiger partial charge in [0.15, 0.2) is 0 Å². The minimum absolute atomic E-state index is 0.220. The van der Waals surface area contributed by atoms with E-state index in [4.69, 9.17) is 5.73 Å². The van der Waals surface area contributed by atoms with Crippen LogP contribution in [-0.4, -0.2) is 23.9 Å². The molecule has 0 aromatic carbocycles. The molecule has 2 N–H and O–H groups in total. The molecular formula is C18H30N2O. The number of primary amides is 1. The van der Waals surface area contributed by atoms with Gasteiger partial charge in [-0.2, -0.15) is 0 Å². The monoisotopic (exact) mass is 290 g/mol. The lowest BCUT2D eigenvalue weighted by atomic mass is 9.89. The average molecular weight is 290 g/mol. The Labute approximate surface area is 129 Å². The molecule has 1 atom stereocenters. The summed E-state index contributed by atoms with van der Waals surface area (Å²) in [4.78, 5) is 13.6. The van der Waals surface area contributed by atoms with Crippen LogP contribution in [0.4, 0.5) is 0 Å². The molecule has 0 spiro atoms. The van der Waals surface area contributed by atoms with Crippen molar-refractivity contribution >= 4 is 5.91 Å². The standard InChI is InChI=1S/C18H30N2O/c1-4-6-9-17(14-18(19)21)16(5-2)11-10-15(3)20-12-7-8-13-20/h5,10-11,17H,3-4,6-9,12-14H2,1-2H3,(H2,19,21). The lowest BCUT2D eigenvalue weighted by Crippen LogP contribution is -2.18. The summed E-state index contributed by atoms with van der Waals surface area (Å²) in [6.07, 6.45) is 12.5. The van der Waals surface area contributed by atoms with E-state index in [0.717, 1.165) is 38.0 Å². The SMILES string of the molecule is C=C(C=CC(=CC)C(CCCC)CC(N)=O)N1CCCC1. The van der Waals surface area contributed by atoms with Gasteiger partial charge in [-0.25, -0.2) is 0 Å². The van der Waals surface area contributed by atoms with Gasteiger partial charge in [0.1, 0.15) is 0 Å². The number of rotatable bonds is 9. The number of allylic oxidation sites excluding steroid dienone is 4. The highest BCUT2D eigenvalue weighted by atomic mass is 16.1. The molecule has 0 bridgehead atoms. The zero-order valence-electron chi connectivity index (χ0n) is 13.6. The molecule has 1 rings (SSSR count). The molecule has 0 aliphatic carbocycles. The maximum atomic E-state index is 11.3. The van der Waals surface area contributed by atoms with Crippen molar-refractivity contribution in [2.45, 2.75) is 52.4 Å². The number of nitrogens with two attached hydrogens (primary N) is 1. The Hall–Kier alpha value is -1.51. The van der Waals surface area contributed by atoms with Gasteiger partial charge in [0, 0.05) is 25.2 Å². The fraction of sp³-hybridized carbons (Fsp3) is 0.611. The van der Waals surface area contributed by atoms with Crippen LogP contribution < -0.4 is 5.73 Å². The fourth-order valence-electron chi connectivity index (χ4n) is 2.85. The Kier molecular flexibility index (Phi) is 7.88. The molecular weight excluding hydrogens is 260 g/mol. The molecule has 1 unspecified atom stereocenters. The van der Waals surface area contributed by atoms with Crippen LogP contribution in [-0.2, 0) is 4.79 Å². The van der Waals surface area contributed by atoms with Crippen LogP contribution in [0.15, 0.2) is 36.1 Å². The zero-order chi connectivity index (χ0) is 15.7. The van der Waals surface area contributed by atoms with Crippen LogP contribution in [0.5, 0.6) is 0 Å². The summed E-state index contributed by atoms with van der Waals surface area (Å²) in [5, 5.41) is 0. The van der Waals surface area contributed by atoms with E-state index in [1.165, 1.54) is 18.4 Å². The number of hydrogen-bond acceptors (Lipinski definition) is 2. The third-order valence-electron chi connectivity index (χ3n) is 4.14. The molecule has 0 saturated carbocycles. The van der Waals surface area contributed by atoms with Gasteiger partial charge in [-0.05, 0) is 43.8 Å². The van der Waals surface area contributed by atoms with Crippen LogP contribution in [0, 0.1) is 5.92 Å². The highest BCUT2D eigenvalue weighted by Gasteiger charge is 2.15. The van der Waals surface area contributed by atoms with Gasteiger partial charge in [0.2, 0.25) is 5.91 Å². The molecule has 0 aromatic heterocycles. The zero-order valence-corrected chi connectivity index (χ0v) is 13.6. The summed E-state index contributed by atoms with van der Waals surface area (Å²) in [6, 6.07) is 0. The molecule has 0 aromatic rings. The van der Waals surface area contributed by atoms with Crippen LogP contribution >= 0.6 is 0 Å². The third kappa shape index (κ3) is 6.19. The van der Waals surface area contributed by atoms with E-state index in [-0.39, 0.29) is 11.8 Å². The van der Waals surface area contributed by atoms with Crippen molar-refractivity contribution in [2.24, 2.45) is 11.7 Å². The Bertz CT molecular complexity index is 403. The summed E-state index contributed by atoms with van der Waals surface area (Å²) in [7, 11) is 0. The number of amides is 1. The first-order valence-corrected chi connectivity index (χ1v) is 8.14. The first-order chi connectivity index (χ1) is 10.1. The van der Waals surface area contributed by atoms with E-state index in [9.17, 15) is 4.79 Å². The van der Waals surface area contributed by atoms with Gasteiger partial charge in [0.25, 0.3) is 0 Å². The second kappa shape index (κ2) is 9.43. The summed E-state index contributed by atoms with van der Waals surface area (Å²) in [5.41, 5.74) is 7.66. The summed E-state index contributed by atoms with van der Waals surface area (Å²) >= 11 is 0. The predicted molar refractivity (Wildman–Crippen MR) is 89.7 cm³/mol. The van der Waals surface area contributed by atoms with Crippen molar-refractivity contribution < 1.29 is 4.79 Å². The normalized spacial score (nSPS) is 17.4. The van der Waals surface area contributed by atoms with Crippen LogP contribution in [0.3, 0.4) is 0 Å². The molecule has 1 heterocycles. The van der Waals surface area contributed by atoms with Crippen molar-refractivity contribution in [1.82, 2.24) is 4.90 Å². The second-order valence-corrected chi connectivity index (χ2v) is 5.82. The summed E-state index contributed by atoms with van der Waals surface area (Å²) in [5.74, 6) is 0.0114. The molecule has 118 valence electrons. The van der Waals surface area contributed by atoms with E-state index in [1.54, 1.807) is 0 Å². The van der Waals surface area contributed by atoms with Gasteiger partial charge in [-0.1, -0.05) is 38.5 Å². The van der Waals surface area contributed by atoms with Gasteiger partial charge in [-0.3, -0.25) is 4.79 Å². The van der Waals surface area contributed by atoms with Crippen molar-refractivity contribution in [3.05, 3.63) is 36.1 Å². The maximum absolute atomic E-state index is 11.3. The maximum Gasteiger partial charge on any atom is 0.218 e. The second-order valence-electron chi connectivity index (χ2n) is 5.82. The molecule has 1 aliphatic rings. The van der Waals surface area contributed by atoms with E-state index in [2.05, 4.69) is 36.6 Å². The van der Waals surface area contributed by atoms with Crippen LogP contribution in [0.2, 0.25) is 0 Å². The number of hydrogen-bond donors (Lipinski definition) is 1. The molecule has 0 radical (unpaired) electrons. The molecule has 1 amide bonds. The minimum atomic E-state index is -0.220. The van der Waals surface area contributed by atoms with Crippen molar-refractivity contribution in [1.29, 1.82) is 0 Å². The lowest BCUT2D eigenvalue weighted by molar-refractivity contribution is -0.118. The van der Waals surface area contributed by atoms with Crippen molar-refractivity contribution in [2.75, 3.05) is 13.1 Å². The summed E-state index contributed by atoms with van der Waals surface area (Å²) < 4.78 is 0. The largest absolute Gasteiger partial charge is 0.372 e. The van der Waals surface area contributed by atoms with Crippen LogP contribution in [0.25, 0.3) is 0 Å². The number of carbonyl (C=O) groups excluding carboxylic acids is 1. The van der Waals surface area contributed by atoms with Crippen molar-refractivity contribution in [3.63, 3.8) is 0 Å². The first kappa shape index (κ1) is 17.5. The first-order valence-electron chi connectivity index (χ1n) is 8.14. The number of unbranched alkanes of at least 4 members (excludes halogenated alkanes) is 1. The molecule has 1 aliphatic heterocycles. The van der Waals surface area contributed by atoms with Crippen molar-refractivity contribution in [3.8, 4) is 0 Å². The Morgan fingerprint density at radius 1 is 1.33 bits per heavy atom. The fourth-order valence-corrected chi connectivity index (χ4v) is 2.85. The van der Waals surface area contributed by atoms with E-state index in [0.29, 0.717) is 6.42 Å². The molecule has 1 saturated heterocycles. The highest BCUT2D eigenvalue weighted by molar-refractivity contribution is 5.74. The van der Waals surface area contributed by atoms with Crippen LogP contribution in [0.1, 0.15) is 52.4 Å². The lowest BCUT2D eigenvalue weighted by Gasteiger charge is -2.19. The van der Waals surface area contributed by atoms with E-state index in [1.807, 2.05) is 6.92 Å². The van der Waals surface area contributed by atoms with E-state index >= 15 is 0 Å². The quantitative estimate of drug-likeness (QED) is 0.657. The average Bonchev–Trinajstić information content (AvgIpc) is 2.98. The number of likely N-dealkylation sites (tertiary alicyclic amines) is 1. The summed E-state index contributed by atoms with van der Waals surface area (Å²) in [6.45, 7) is 10.6. The number of nitrogens with zero attached hydrogens (tertiary/aromatic N) is 1. The molecule has 3 heteroatoms. The van der Waals surface area contributed by atoms with Gasteiger partial charge in [0.05, 0.1) is 0 Å². The Morgan fingerprint density at radius 2 is 2.00 bits per heavy atom. The third-order valence-corrected chi connectivity index (χ3v) is 4.14. The highest BCUT2D eigenvalue weighted by Crippen LogP contribution is 2.24. The van der Waals surface area contributed by atoms with E-state index < -0.39 is 0 Å². The van der Waals surface area contributed by atoms with Gasteiger partial charge >= 0.3 is 0 Å². The predicted octanol–water partition coefficient (Wildman–Crippen LogP) is 3.78. The Morgan fingerprint density at radius 3 is 2.52 bits per heavy atom. The smallest absolute Gasteiger partial charge is 0.218 e. The molecule has 21 heavy (non-hydrogen) atoms. The number of carbonyl (C=O) groups is 1. The topological polar surface area (TPSA) is 46.3 Å². The Balaban J connectivity index is 2.68. The minimum Gasteiger partial charge on any atom is -0.372 e. The van der Waals surface area contributed by atoms with Gasteiger partial charge in [-0.15, -0.1) is 0 Å². The molecule has 3 nitrogen and oxygen atoms in total.